The predicted octanol–water partition coefficient (Wildman–Crippen LogP) is 4.61. The van der Waals surface area contributed by atoms with Gasteiger partial charge in [0.2, 0.25) is 5.91 Å². The molecule has 0 saturated carbocycles. The number of fused-ring (bicyclic) bond motifs is 1. The summed E-state index contributed by atoms with van der Waals surface area (Å²) in [5.74, 6) is 1.40. The van der Waals surface area contributed by atoms with Crippen LogP contribution in [0.3, 0.4) is 0 Å². The molecule has 1 aromatic heterocycles. The van der Waals surface area contributed by atoms with E-state index < -0.39 is 5.92 Å². The average Bonchev–Trinajstić information content (AvgIpc) is 2.81. The number of thioether (sulfide) groups is 1. The third kappa shape index (κ3) is 4.58. The van der Waals surface area contributed by atoms with Crippen molar-refractivity contribution in [2.75, 3.05) is 19.0 Å². The quantitative estimate of drug-likeness (QED) is 0.389. The van der Waals surface area contributed by atoms with Gasteiger partial charge < -0.3 is 19.4 Å². The van der Waals surface area contributed by atoms with Crippen LogP contribution in [0.5, 0.6) is 11.5 Å². The summed E-state index contributed by atoms with van der Waals surface area (Å²) in [5.41, 5.74) is 1.73. The van der Waals surface area contributed by atoms with Gasteiger partial charge in [0.25, 0.3) is 5.56 Å². The number of para-hydroxylation sites is 1. The number of ether oxygens (including phenoxy) is 2. The fourth-order valence-electron chi connectivity index (χ4n) is 3.95. The summed E-state index contributed by atoms with van der Waals surface area (Å²) in [6, 6.07) is 13.0. The van der Waals surface area contributed by atoms with E-state index in [4.69, 9.17) is 21.1 Å². The Labute approximate surface area is 201 Å². The summed E-state index contributed by atoms with van der Waals surface area (Å²) in [4.78, 5) is 30.3. The van der Waals surface area contributed by atoms with E-state index in [1.165, 1.54) is 11.8 Å². The highest BCUT2D eigenvalue weighted by Crippen LogP contribution is 2.43. The largest absolute Gasteiger partial charge is 0.493 e. The van der Waals surface area contributed by atoms with E-state index in [2.05, 4.69) is 10.3 Å². The number of carbonyl (C=O) groups is 1. The van der Waals surface area contributed by atoms with Crippen molar-refractivity contribution in [1.29, 1.82) is 0 Å². The summed E-state index contributed by atoms with van der Waals surface area (Å²) in [6.07, 6.45) is 0.114. The summed E-state index contributed by atoms with van der Waals surface area (Å²) < 4.78 is 13.1. The van der Waals surface area contributed by atoms with Crippen LogP contribution in [0, 0.1) is 0 Å². The smallest absolute Gasteiger partial charge is 0.279 e. The summed E-state index contributed by atoms with van der Waals surface area (Å²) in [5, 5.41) is 4.02. The molecule has 1 aliphatic rings. The van der Waals surface area contributed by atoms with E-state index in [9.17, 15) is 9.59 Å². The maximum absolute atomic E-state index is 13.2. The van der Waals surface area contributed by atoms with Crippen molar-refractivity contribution < 1.29 is 14.3 Å². The first-order chi connectivity index (χ1) is 15.9. The average molecular weight is 486 g/mol. The summed E-state index contributed by atoms with van der Waals surface area (Å²) >= 11 is 7.66. The van der Waals surface area contributed by atoms with Crippen molar-refractivity contribution in [3.05, 3.63) is 74.5 Å². The van der Waals surface area contributed by atoms with Crippen molar-refractivity contribution in [2.45, 2.75) is 30.2 Å². The van der Waals surface area contributed by atoms with Crippen molar-refractivity contribution in [3.63, 3.8) is 0 Å². The van der Waals surface area contributed by atoms with Gasteiger partial charge in [-0.05, 0) is 24.6 Å². The van der Waals surface area contributed by atoms with Gasteiger partial charge in [-0.2, -0.15) is 4.98 Å². The van der Waals surface area contributed by atoms with Crippen molar-refractivity contribution in [1.82, 2.24) is 9.55 Å². The Morgan fingerprint density at radius 3 is 2.73 bits per heavy atom. The molecule has 2 heterocycles. The zero-order chi connectivity index (χ0) is 23.5. The Hall–Kier alpha value is -2.97. The predicted molar refractivity (Wildman–Crippen MR) is 130 cm³/mol. The molecule has 0 saturated heterocycles. The highest BCUT2D eigenvalue weighted by Gasteiger charge is 2.34. The first-order valence-corrected chi connectivity index (χ1v) is 11.9. The number of rotatable bonds is 7. The van der Waals surface area contributed by atoms with Gasteiger partial charge in [-0.3, -0.25) is 9.59 Å². The van der Waals surface area contributed by atoms with E-state index in [1.54, 1.807) is 24.8 Å². The number of methoxy groups -OCH3 is 1. The highest BCUT2D eigenvalue weighted by molar-refractivity contribution is 7.98. The molecule has 172 valence electrons. The second kappa shape index (κ2) is 9.89. The van der Waals surface area contributed by atoms with E-state index in [0.717, 1.165) is 11.1 Å². The molecule has 3 aromatic rings. The monoisotopic (exact) mass is 485 g/mol. The molecule has 1 N–H and O–H groups in total. The highest BCUT2D eigenvalue weighted by atomic mass is 35.5. The van der Waals surface area contributed by atoms with E-state index in [-0.39, 0.29) is 17.9 Å². The van der Waals surface area contributed by atoms with Crippen LogP contribution in [0.25, 0.3) is 0 Å². The first-order valence-electron chi connectivity index (χ1n) is 10.5. The molecule has 9 heteroatoms. The van der Waals surface area contributed by atoms with Gasteiger partial charge in [0.05, 0.1) is 19.3 Å². The number of anilines is 1. The lowest BCUT2D eigenvalue weighted by atomic mass is 9.86. The zero-order valence-electron chi connectivity index (χ0n) is 18.6. The number of aromatic nitrogens is 2. The Morgan fingerprint density at radius 2 is 2.00 bits per heavy atom. The van der Waals surface area contributed by atoms with Gasteiger partial charge in [-0.1, -0.05) is 53.7 Å². The van der Waals surface area contributed by atoms with Crippen LogP contribution in [-0.2, 0) is 17.6 Å². The standard InChI is InChI=1S/C24H24ClN3O4S/c1-4-32-21-15(9-7-11-18(21)31-3)16-12-19(29)26-22-20(16)23(30)27-24(28(22)2)33-13-14-8-5-6-10-17(14)25/h5-11,16H,4,12-13H2,1-3H3,(H,26,29)/t16-/m0/s1. The molecule has 0 fully saturated rings. The molecule has 0 aliphatic carbocycles. The van der Waals surface area contributed by atoms with Crippen LogP contribution in [0.4, 0.5) is 5.82 Å². The molecule has 0 unspecified atom stereocenters. The number of nitrogens with zero attached hydrogens (tertiary/aromatic N) is 2. The molecule has 7 nitrogen and oxygen atoms in total. The lowest BCUT2D eigenvalue weighted by molar-refractivity contribution is -0.116. The topological polar surface area (TPSA) is 82.4 Å². The number of halogens is 1. The summed E-state index contributed by atoms with van der Waals surface area (Å²) in [6.45, 7) is 2.30. The molecule has 1 aliphatic heterocycles. The third-order valence-corrected chi connectivity index (χ3v) is 6.96. The molecular weight excluding hydrogens is 462 g/mol. The second-order valence-corrected chi connectivity index (χ2v) is 8.87. The van der Waals surface area contributed by atoms with Crippen molar-refractivity contribution in [2.24, 2.45) is 7.05 Å². The number of benzene rings is 2. The van der Waals surface area contributed by atoms with Gasteiger partial charge in [0.1, 0.15) is 5.82 Å². The van der Waals surface area contributed by atoms with Gasteiger partial charge in [-0.15, -0.1) is 0 Å². The van der Waals surface area contributed by atoms with Crippen LogP contribution in [0.15, 0.2) is 52.4 Å². The minimum absolute atomic E-state index is 0.114. The van der Waals surface area contributed by atoms with Crippen LogP contribution < -0.4 is 20.3 Å². The van der Waals surface area contributed by atoms with Crippen LogP contribution >= 0.6 is 23.4 Å². The first kappa shape index (κ1) is 23.2. The van der Waals surface area contributed by atoms with Crippen molar-refractivity contribution in [3.8, 4) is 11.5 Å². The number of carbonyl (C=O) groups excluding carboxylic acids is 1. The molecule has 0 spiro atoms. The fraction of sp³-hybridized carbons (Fsp3) is 0.292. The molecule has 4 rings (SSSR count). The Morgan fingerprint density at radius 1 is 1.21 bits per heavy atom. The minimum atomic E-state index is -0.501. The maximum Gasteiger partial charge on any atom is 0.279 e. The van der Waals surface area contributed by atoms with E-state index in [1.807, 2.05) is 43.3 Å². The third-order valence-electron chi connectivity index (χ3n) is 5.51. The van der Waals surface area contributed by atoms with Gasteiger partial charge in [0, 0.05) is 35.7 Å². The number of hydrogen-bond donors (Lipinski definition) is 1. The Balaban J connectivity index is 1.77. The normalized spacial score (nSPS) is 15.0. The van der Waals surface area contributed by atoms with E-state index >= 15 is 0 Å². The van der Waals surface area contributed by atoms with Gasteiger partial charge in [-0.25, -0.2) is 0 Å². The molecule has 1 atom stereocenters. The molecule has 2 aromatic carbocycles. The second-order valence-electron chi connectivity index (χ2n) is 7.52. The number of hydrogen-bond acceptors (Lipinski definition) is 6. The molecule has 1 amide bonds. The maximum atomic E-state index is 13.2. The lowest BCUT2D eigenvalue weighted by Gasteiger charge is -2.29. The summed E-state index contributed by atoms with van der Waals surface area (Å²) in [7, 11) is 3.35. The lowest BCUT2D eigenvalue weighted by Crippen LogP contribution is -2.33. The minimum Gasteiger partial charge on any atom is -0.493 e. The van der Waals surface area contributed by atoms with Crippen molar-refractivity contribution >= 4 is 35.1 Å². The Bertz CT molecular complexity index is 1260. The Kier molecular flexibility index (Phi) is 6.95. The molecule has 33 heavy (non-hydrogen) atoms. The number of nitrogens with one attached hydrogen (secondary N) is 1. The van der Waals surface area contributed by atoms with Crippen LogP contribution in [0.2, 0.25) is 5.02 Å². The van der Waals surface area contributed by atoms with Gasteiger partial charge in [0.15, 0.2) is 16.7 Å². The molecule has 0 bridgehead atoms. The zero-order valence-corrected chi connectivity index (χ0v) is 20.1. The molecular formula is C24H24ClN3O4S. The van der Waals surface area contributed by atoms with Crippen LogP contribution in [-0.4, -0.2) is 29.2 Å². The van der Waals surface area contributed by atoms with E-state index in [0.29, 0.717) is 45.4 Å². The van der Waals surface area contributed by atoms with Crippen LogP contribution in [0.1, 0.15) is 36.0 Å². The fourth-order valence-corrected chi connectivity index (χ4v) is 5.21. The number of amides is 1. The molecule has 0 radical (unpaired) electrons. The SMILES string of the molecule is CCOc1c(OC)cccc1[C@@H]1CC(=O)Nc2c1c(=O)nc(SCc1ccccc1Cl)n2C. The van der Waals surface area contributed by atoms with Gasteiger partial charge >= 0.3 is 0 Å².